The minimum absolute atomic E-state index is 0.193. The molecule has 1 nitrogen and oxygen atoms in total. The van der Waals surface area contributed by atoms with Crippen LogP contribution in [0.3, 0.4) is 0 Å². The van der Waals surface area contributed by atoms with Gasteiger partial charge in [0.15, 0.2) is 0 Å². The van der Waals surface area contributed by atoms with Gasteiger partial charge in [0.1, 0.15) is 5.82 Å². The van der Waals surface area contributed by atoms with E-state index in [-0.39, 0.29) is 5.82 Å². The maximum absolute atomic E-state index is 13.4. The van der Waals surface area contributed by atoms with Gasteiger partial charge in [0.05, 0.1) is 0 Å². The molecule has 0 spiro atoms. The summed E-state index contributed by atoms with van der Waals surface area (Å²) in [4.78, 5) is 0. The Morgan fingerprint density at radius 1 is 1.11 bits per heavy atom. The second-order valence-corrected chi connectivity index (χ2v) is 5.76. The van der Waals surface area contributed by atoms with Crippen LogP contribution in [0.15, 0.2) is 46.9 Å². The molecule has 0 aromatic heterocycles. The van der Waals surface area contributed by atoms with Crippen LogP contribution in [0.5, 0.6) is 0 Å². The predicted molar refractivity (Wildman–Crippen MR) is 81.5 cm³/mol. The molecule has 19 heavy (non-hydrogen) atoms. The van der Waals surface area contributed by atoms with Gasteiger partial charge in [-0.3, -0.25) is 0 Å². The molecule has 100 valence electrons. The van der Waals surface area contributed by atoms with Crippen LogP contribution in [0.1, 0.15) is 19.4 Å². The fourth-order valence-corrected chi connectivity index (χ4v) is 2.20. The molecule has 2 aromatic carbocycles. The van der Waals surface area contributed by atoms with E-state index >= 15 is 0 Å². The van der Waals surface area contributed by atoms with Crippen molar-refractivity contribution in [2.24, 2.45) is 0 Å². The van der Waals surface area contributed by atoms with Crippen LogP contribution < -0.4 is 5.32 Å². The molecule has 0 saturated heterocycles. The minimum Gasteiger partial charge on any atom is -0.310 e. The number of hydrogen-bond donors (Lipinski definition) is 1. The van der Waals surface area contributed by atoms with Gasteiger partial charge in [0.2, 0.25) is 0 Å². The summed E-state index contributed by atoms with van der Waals surface area (Å²) >= 11 is 3.43. The Morgan fingerprint density at radius 3 is 2.42 bits per heavy atom. The maximum atomic E-state index is 13.4. The molecule has 0 aliphatic carbocycles. The Hall–Kier alpha value is -1.19. The molecule has 0 unspecified atom stereocenters. The Labute approximate surface area is 122 Å². The topological polar surface area (TPSA) is 12.0 Å². The summed E-state index contributed by atoms with van der Waals surface area (Å²) in [6, 6.07) is 13.4. The molecule has 0 aliphatic heterocycles. The molecular weight excluding hydrogens is 305 g/mol. The van der Waals surface area contributed by atoms with Crippen LogP contribution >= 0.6 is 15.9 Å². The van der Waals surface area contributed by atoms with Crippen LogP contribution in [-0.2, 0) is 6.54 Å². The van der Waals surface area contributed by atoms with Crippen molar-refractivity contribution >= 4 is 15.9 Å². The monoisotopic (exact) mass is 321 g/mol. The highest BCUT2D eigenvalue weighted by Gasteiger charge is 2.07. The highest BCUT2D eigenvalue weighted by molar-refractivity contribution is 9.10. The third-order valence-electron chi connectivity index (χ3n) is 2.92. The van der Waals surface area contributed by atoms with E-state index in [9.17, 15) is 4.39 Å². The highest BCUT2D eigenvalue weighted by Crippen LogP contribution is 2.26. The molecule has 0 radical (unpaired) electrons. The number of halogens is 2. The van der Waals surface area contributed by atoms with Gasteiger partial charge in [-0.25, -0.2) is 4.39 Å². The fraction of sp³-hybridized carbons (Fsp3) is 0.250. The summed E-state index contributed by atoms with van der Waals surface area (Å²) in [6.45, 7) is 4.83. The lowest BCUT2D eigenvalue weighted by Gasteiger charge is -2.13. The SMILES string of the molecule is CC(C)NCc1cc(F)ccc1-c1ccc(Br)cc1. The second-order valence-electron chi connectivity index (χ2n) is 4.84. The van der Waals surface area contributed by atoms with Crippen LogP contribution in [0.4, 0.5) is 4.39 Å². The Balaban J connectivity index is 2.35. The zero-order valence-electron chi connectivity index (χ0n) is 11.1. The van der Waals surface area contributed by atoms with Crippen molar-refractivity contribution in [1.29, 1.82) is 0 Å². The zero-order chi connectivity index (χ0) is 13.8. The van der Waals surface area contributed by atoms with Crippen molar-refractivity contribution in [2.75, 3.05) is 0 Å². The average Bonchev–Trinajstić information content (AvgIpc) is 2.38. The van der Waals surface area contributed by atoms with E-state index in [1.807, 2.05) is 30.3 Å². The van der Waals surface area contributed by atoms with E-state index in [1.54, 1.807) is 6.07 Å². The quantitative estimate of drug-likeness (QED) is 0.856. The van der Waals surface area contributed by atoms with Crippen molar-refractivity contribution in [1.82, 2.24) is 5.32 Å². The maximum Gasteiger partial charge on any atom is 0.123 e. The van der Waals surface area contributed by atoms with Gasteiger partial charge in [0, 0.05) is 17.1 Å². The summed E-state index contributed by atoms with van der Waals surface area (Å²) in [5, 5.41) is 3.33. The molecule has 0 atom stereocenters. The standard InChI is InChI=1S/C16H17BrFN/c1-11(2)19-10-13-9-15(18)7-8-16(13)12-3-5-14(17)6-4-12/h3-9,11,19H,10H2,1-2H3. The van der Waals surface area contributed by atoms with Crippen LogP contribution in [0, 0.1) is 5.82 Å². The molecular formula is C16H17BrFN. The average molecular weight is 322 g/mol. The van der Waals surface area contributed by atoms with Gasteiger partial charge in [0.25, 0.3) is 0 Å². The minimum atomic E-state index is -0.193. The van der Waals surface area contributed by atoms with Crippen molar-refractivity contribution in [3.8, 4) is 11.1 Å². The lowest BCUT2D eigenvalue weighted by molar-refractivity contribution is 0.582. The van der Waals surface area contributed by atoms with Gasteiger partial charge in [-0.15, -0.1) is 0 Å². The predicted octanol–water partition coefficient (Wildman–Crippen LogP) is 4.75. The first-order valence-electron chi connectivity index (χ1n) is 6.34. The molecule has 0 bridgehead atoms. The van der Waals surface area contributed by atoms with Gasteiger partial charge < -0.3 is 5.32 Å². The first-order chi connectivity index (χ1) is 9.06. The summed E-state index contributed by atoms with van der Waals surface area (Å²) in [5.74, 6) is -0.193. The number of nitrogens with one attached hydrogen (secondary N) is 1. The molecule has 0 aliphatic rings. The molecule has 0 amide bonds. The molecule has 0 saturated carbocycles. The van der Waals surface area contributed by atoms with Crippen molar-refractivity contribution < 1.29 is 4.39 Å². The molecule has 1 N–H and O–H groups in total. The van der Waals surface area contributed by atoms with Gasteiger partial charge in [-0.1, -0.05) is 48.0 Å². The van der Waals surface area contributed by atoms with E-state index < -0.39 is 0 Å². The van der Waals surface area contributed by atoms with E-state index in [0.717, 1.165) is 21.2 Å². The lowest BCUT2D eigenvalue weighted by atomic mass is 9.99. The smallest absolute Gasteiger partial charge is 0.123 e. The molecule has 2 rings (SSSR count). The number of hydrogen-bond acceptors (Lipinski definition) is 1. The number of rotatable bonds is 4. The first-order valence-corrected chi connectivity index (χ1v) is 7.13. The third kappa shape index (κ3) is 3.88. The molecule has 0 fully saturated rings. The van der Waals surface area contributed by atoms with E-state index in [1.165, 1.54) is 6.07 Å². The van der Waals surface area contributed by atoms with E-state index in [2.05, 4.69) is 35.1 Å². The van der Waals surface area contributed by atoms with Gasteiger partial charge >= 0.3 is 0 Å². The van der Waals surface area contributed by atoms with Crippen LogP contribution in [0.2, 0.25) is 0 Å². The van der Waals surface area contributed by atoms with Crippen molar-refractivity contribution in [2.45, 2.75) is 26.4 Å². The van der Waals surface area contributed by atoms with Gasteiger partial charge in [-0.05, 0) is 41.0 Å². The second kappa shape index (κ2) is 6.31. The first kappa shape index (κ1) is 14.2. The van der Waals surface area contributed by atoms with Crippen LogP contribution in [0.25, 0.3) is 11.1 Å². The Kier molecular flexibility index (Phi) is 4.72. The Bertz CT molecular complexity index is 549. The van der Waals surface area contributed by atoms with Crippen molar-refractivity contribution in [3.05, 3.63) is 58.3 Å². The third-order valence-corrected chi connectivity index (χ3v) is 3.45. The molecule has 3 heteroatoms. The van der Waals surface area contributed by atoms with Crippen LogP contribution in [-0.4, -0.2) is 6.04 Å². The van der Waals surface area contributed by atoms with E-state index in [4.69, 9.17) is 0 Å². The Morgan fingerprint density at radius 2 is 1.79 bits per heavy atom. The molecule has 0 heterocycles. The number of benzene rings is 2. The molecule has 2 aromatic rings. The summed E-state index contributed by atoms with van der Waals surface area (Å²) < 4.78 is 14.5. The lowest BCUT2D eigenvalue weighted by Crippen LogP contribution is -2.22. The van der Waals surface area contributed by atoms with E-state index in [0.29, 0.717) is 12.6 Å². The van der Waals surface area contributed by atoms with Crippen molar-refractivity contribution in [3.63, 3.8) is 0 Å². The van der Waals surface area contributed by atoms with Gasteiger partial charge in [-0.2, -0.15) is 0 Å². The summed E-state index contributed by atoms with van der Waals surface area (Å²) in [6.07, 6.45) is 0. The summed E-state index contributed by atoms with van der Waals surface area (Å²) in [7, 11) is 0. The summed E-state index contributed by atoms with van der Waals surface area (Å²) in [5.41, 5.74) is 3.15. The largest absolute Gasteiger partial charge is 0.310 e. The highest BCUT2D eigenvalue weighted by atomic mass is 79.9. The zero-order valence-corrected chi connectivity index (χ0v) is 12.7. The fourth-order valence-electron chi connectivity index (χ4n) is 1.93. The normalized spacial score (nSPS) is 11.0.